The monoisotopic (exact) mass is 313 g/mol. The fourth-order valence-electron chi connectivity index (χ4n) is 2.17. The quantitative estimate of drug-likeness (QED) is 0.630. The SMILES string of the molecule is CON=C(C(=O)CO)c1ccccc1COc1ccccc1C. The molecule has 5 nitrogen and oxygen atoms in total. The molecule has 0 unspecified atom stereocenters. The van der Waals surface area contributed by atoms with Crippen LogP contribution in [0.15, 0.2) is 53.7 Å². The lowest BCUT2D eigenvalue weighted by molar-refractivity contribution is -0.115. The van der Waals surface area contributed by atoms with Gasteiger partial charge in [0.25, 0.3) is 0 Å². The Morgan fingerprint density at radius 1 is 1.13 bits per heavy atom. The number of aryl methyl sites for hydroxylation is 1. The van der Waals surface area contributed by atoms with Gasteiger partial charge in [-0.05, 0) is 24.1 Å². The molecule has 2 rings (SSSR count). The van der Waals surface area contributed by atoms with Crippen LogP contribution >= 0.6 is 0 Å². The molecule has 2 aromatic rings. The number of oxime groups is 1. The summed E-state index contributed by atoms with van der Waals surface area (Å²) in [4.78, 5) is 16.6. The van der Waals surface area contributed by atoms with E-state index >= 15 is 0 Å². The normalized spacial score (nSPS) is 11.2. The van der Waals surface area contributed by atoms with Gasteiger partial charge in [-0.1, -0.05) is 47.6 Å². The van der Waals surface area contributed by atoms with Gasteiger partial charge >= 0.3 is 0 Å². The molecule has 23 heavy (non-hydrogen) atoms. The lowest BCUT2D eigenvalue weighted by atomic mass is 10.0. The Hall–Kier alpha value is -2.66. The summed E-state index contributed by atoms with van der Waals surface area (Å²) >= 11 is 0. The molecule has 0 spiro atoms. The van der Waals surface area contributed by atoms with E-state index in [4.69, 9.17) is 14.7 Å². The summed E-state index contributed by atoms with van der Waals surface area (Å²) in [6, 6.07) is 15.0. The Morgan fingerprint density at radius 3 is 2.52 bits per heavy atom. The second-order valence-electron chi connectivity index (χ2n) is 4.92. The number of aliphatic hydroxyl groups is 1. The lowest BCUT2D eigenvalue weighted by Gasteiger charge is -2.13. The van der Waals surface area contributed by atoms with E-state index in [2.05, 4.69) is 5.16 Å². The molecule has 0 heterocycles. The van der Waals surface area contributed by atoms with Crippen LogP contribution in [0.4, 0.5) is 0 Å². The van der Waals surface area contributed by atoms with Crippen LogP contribution in [0, 0.1) is 6.92 Å². The van der Waals surface area contributed by atoms with Crippen LogP contribution in [0.2, 0.25) is 0 Å². The Bertz CT molecular complexity index is 710. The van der Waals surface area contributed by atoms with Crippen LogP contribution in [-0.4, -0.2) is 30.3 Å². The summed E-state index contributed by atoms with van der Waals surface area (Å²) in [5.41, 5.74) is 2.48. The van der Waals surface area contributed by atoms with Crippen LogP contribution in [-0.2, 0) is 16.2 Å². The number of nitrogens with zero attached hydrogens (tertiary/aromatic N) is 1. The highest BCUT2D eigenvalue weighted by Crippen LogP contribution is 2.19. The zero-order chi connectivity index (χ0) is 16.7. The minimum absolute atomic E-state index is 0.0824. The Labute approximate surface area is 135 Å². The van der Waals surface area contributed by atoms with Crippen molar-refractivity contribution in [2.75, 3.05) is 13.7 Å². The number of carbonyl (C=O) groups is 1. The van der Waals surface area contributed by atoms with E-state index in [0.717, 1.165) is 16.9 Å². The topological polar surface area (TPSA) is 68.1 Å². The van der Waals surface area contributed by atoms with Crippen molar-refractivity contribution in [2.24, 2.45) is 5.16 Å². The fourth-order valence-corrected chi connectivity index (χ4v) is 2.17. The van der Waals surface area contributed by atoms with Crippen LogP contribution < -0.4 is 4.74 Å². The van der Waals surface area contributed by atoms with Gasteiger partial charge in [0.1, 0.15) is 26.1 Å². The number of para-hydroxylation sites is 1. The first kappa shape index (κ1) is 16.7. The molecule has 0 aliphatic heterocycles. The number of ketones is 1. The molecule has 2 aromatic carbocycles. The lowest BCUT2D eigenvalue weighted by Crippen LogP contribution is -2.21. The number of ether oxygens (including phenoxy) is 1. The molecule has 1 N–H and O–H groups in total. The van der Waals surface area contributed by atoms with Crippen LogP contribution in [0.3, 0.4) is 0 Å². The van der Waals surface area contributed by atoms with Crippen LogP contribution in [0.25, 0.3) is 0 Å². The van der Waals surface area contributed by atoms with Gasteiger partial charge in [0.15, 0.2) is 5.71 Å². The Morgan fingerprint density at radius 2 is 1.83 bits per heavy atom. The maximum Gasteiger partial charge on any atom is 0.210 e. The summed E-state index contributed by atoms with van der Waals surface area (Å²) < 4.78 is 5.84. The summed E-state index contributed by atoms with van der Waals surface area (Å²) in [5.74, 6) is 0.274. The van der Waals surface area contributed by atoms with Crippen molar-refractivity contribution in [1.82, 2.24) is 0 Å². The highest BCUT2D eigenvalue weighted by Gasteiger charge is 2.17. The van der Waals surface area contributed by atoms with Crippen molar-refractivity contribution in [1.29, 1.82) is 0 Å². The van der Waals surface area contributed by atoms with Gasteiger partial charge in [-0.15, -0.1) is 0 Å². The molecule has 0 aromatic heterocycles. The highest BCUT2D eigenvalue weighted by molar-refractivity contribution is 6.46. The number of hydrogen-bond donors (Lipinski definition) is 1. The summed E-state index contributed by atoms with van der Waals surface area (Å²) in [6.45, 7) is 1.62. The summed E-state index contributed by atoms with van der Waals surface area (Å²) in [6.07, 6.45) is 0. The van der Waals surface area contributed by atoms with Gasteiger partial charge in [-0.2, -0.15) is 0 Å². The zero-order valence-corrected chi connectivity index (χ0v) is 13.2. The summed E-state index contributed by atoms with van der Waals surface area (Å²) in [5, 5.41) is 12.9. The van der Waals surface area contributed by atoms with Gasteiger partial charge in [-0.3, -0.25) is 4.79 Å². The largest absolute Gasteiger partial charge is 0.489 e. The molecule has 0 aliphatic carbocycles. The maximum absolute atomic E-state index is 11.9. The molecule has 0 aliphatic rings. The number of aliphatic hydroxyl groups excluding tert-OH is 1. The molecule has 0 saturated carbocycles. The molecule has 0 radical (unpaired) electrons. The number of Topliss-reactive ketones (excluding diaryl/α,β-unsaturated/α-hetero) is 1. The van der Waals surface area contributed by atoms with E-state index in [1.807, 2.05) is 43.3 Å². The van der Waals surface area contributed by atoms with Gasteiger partial charge in [0.2, 0.25) is 5.78 Å². The number of carbonyl (C=O) groups excluding carboxylic acids is 1. The second kappa shape index (κ2) is 8.10. The third-order valence-corrected chi connectivity index (χ3v) is 3.34. The third kappa shape index (κ3) is 4.17. The first-order valence-corrected chi connectivity index (χ1v) is 7.19. The van der Waals surface area contributed by atoms with E-state index in [1.54, 1.807) is 12.1 Å². The first-order chi connectivity index (χ1) is 11.2. The molecular formula is C18H19NO4. The van der Waals surface area contributed by atoms with Crippen molar-refractivity contribution in [3.8, 4) is 5.75 Å². The molecule has 0 fully saturated rings. The fraction of sp³-hybridized carbons (Fsp3) is 0.222. The predicted molar refractivity (Wildman–Crippen MR) is 87.6 cm³/mol. The van der Waals surface area contributed by atoms with Gasteiger partial charge in [-0.25, -0.2) is 0 Å². The molecule has 5 heteroatoms. The molecule has 0 saturated heterocycles. The third-order valence-electron chi connectivity index (χ3n) is 3.34. The van der Waals surface area contributed by atoms with Crippen LogP contribution in [0.1, 0.15) is 16.7 Å². The zero-order valence-electron chi connectivity index (χ0n) is 13.2. The van der Waals surface area contributed by atoms with E-state index in [1.165, 1.54) is 7.11 Å². The average Bonchev–Trinajstić information content (AvgIpc) is 2.59. The van der Waals surface area contributed by atoms with E-state index in [9.17, 15) is 4.79 Å². The minimum atomic E-state index is -0.630. The molecule has 0 amide bonds. The van der Waals surface area contributed by atoms with Crippen molar-refractivity contribution < 1.29 is 19.5 Å². The number of rotatable bonds is 7. The van der Waals surface area contributed by atoms with Crippen LogP contribution in [0.5, 0.6) is 5.75 Å². The second-order valence-corrected chi connectivity index (χ2v) is 4.92. The molecule has 120 valence electrons. The van der Waals surface area contributed by atoms with Crippen molar-refractivity contribution in [2.45, 2.75) is 13.5 Å². The predicted octanol–water partition coefficient (Wildman–Crippen LogP) is 2.49. The van der Waals surface area contributed by atoms with E-state index in [-0.39, 0.29) is 12.3 Å². The molecular weight excluding hydrogens is 294 g/mol. The van der Waals surface area contributed by atoms with Crippen molar-refractivity contribution in [3.05, 3.63) is 65.2 Å². The van der Waals surface area contributed by atoms with Crippen molar-refractivity contribution >= 4 is 11.5 Å². The maximum atomic E-state index is 11.9. The van der Waals surface area contributed by atoms with E-state index in [0.29, 0.717) is 5.56 Å². The number of benzene rings is 2. The van der Waals surface area contributed by atoms with Gasteiger partial charge in [0, 0.05) is 5.56 Å². The molecule has 0 atom stereocenters. The van der Waals surface area contributed by atoms with E-state index < -0.39 is 12.4 Å². The smallest absolute Gasteiger partial charge is 0.210 e. The Balaban J connectivity index is 2.28. The first-order valence-electron chi connectivity index (χ1n) is 7.19. The van der Waals surface area contributed by atoms with Gasteiger partial charge in [0.05, 0.1) is 0 Å². The minimum Gasteiger partial charge on any atom is -0.489 e. The highest BCUT2D eigenvalue weighted by atomic mass is 16.6. The van der Waals surface area contributed by atoms with Crippen molar-refractivity contribution in [3.63, 3.8) is 0 Å². The standard InChI is InChI=1S/C18H19NO4/c1-13-7-3-6-10-17(13)23-12-14-8-4-5-9-15(14)18(19-22-2)16(21)11-20/h3-10,20H,11-12H2,1-2H3. The van der Waals surface area contributed by atoms with Gasteiger partial charge < -0.3 is 14.7 Å². The number of hydrogen-bond acceptors (Lipinski definition) is 5. The summed E-state index contributed by atoms with van der Waals surface area (Å²) in [7, 11) is 1.36. The Kier molecular flexibility index (Phi) is 5.88. The average molecular weight is 313 g/mol. The molecule has 0 bridgehead atoms.